The Labute approximate surface area is 182 Å². The predicted octanol–water partition coefficient (Wildman–Crippen LogP) is 5.31. The minimum Gasteiger partial charge on any atom is -0.298 e. The SMILES string of the molecule is Cc1cccc(NS(=O)(=O)c2ccc(Cl)c(C(=O)Nc3nc4ccccc4s3)c2)c1. The molecule has 0 saturated heterocycles. The van der Waals surface area contributed by atoms with Crippen molar-refractivity contribution in [3.05, 3.63) is 82.9 Å². The number of nitrogens with zero attached hydrogens (tertiary/aromatic N) is 1. The van der Waals surface area contributed by atoms with Crippen LogP contribution in [0.2, 0.25) is 5.02 Å². The zero-order valence-electron chi connectivity index (χ0n) is 15.7. The number of hydrogen-bond donors (Lipinski definition) is 2. The third-order valence-electron chi connectivity index (χ3n) is 4.28. The van der Waals surface area contributed by atoms with Crippen LogP contribution < -0.4 is 10.0 Å². The highest BCUT2D eigenvalue weighted by Gasteiger charge is 2.20. The largest absolute Gasteiger partial charge is 0.298 e. The van der Waals surface area contributed by atoms with E-state index in [2.05, 4.69) is 15.0 Å². The van der Waals surface area contributed by atoms with E-state index in [0.29, 0.717) is 10.8 Å². The lowest BCUT2D eigenvalue weighted by molar-refractivity contribution is 0.102. The molecular formula is C21H16ClN3O3S2. The molecule has 2 N–H and O–H groups in total. The molecule has 0 fully saturated rings. The summed E-state index contributed by atoms with van der Waals surface area (Å²) in [7, 11) is -3.90. The van der Waals surface area contributed by atoms with Gasteiger partial charge in [-0.15, -0.1) is 0 Å². The van der Waals surface area contributed by atoms with Gasteiger partial charge in [0.15, 0.2) is 5.13 Å². The van der Waals surface area contributed by atoms with Crippen molar-refractivity contribution < 1.29 is 13.2 Å². The van der Waals surface area contributed by atoms with Gasteiger partial charge in [-0.3, -0.25) is 14.8 Å². The fourth-order valence-corrected chi connectivity index (χ4v) is 5.00. The van der Waals surface area contributed by atoms with Crippen molar-refractivity contribution in [3.63, 3.8) is 0 Å². The summed E-state index contributed by atoms with van der Waals surface area (Å²) < 4.78 is 29.0. The number of aromatic nitrogens is 1. The molecule has 0 bridgehead atoms. The Kier molecular flexibility index (Phi) is 5.46. The molecule has 4 rings (SSSR count). The van der Waals surface area contributed by atoms with Crippen molar-refractivity contribution in [3.8, 4) is 0 Å². The van der Waals surface area contributed by atoms with Crippen molar-refractivity contribution in [1.29, 1.82) is 0 Å². The molecule has 1 amide bonds. The smallest absolute Gasteiger partial charge is 0.261 e. The Balaban J connectivity index is 1.61. The van der Waals surface area contributed by atoms with Crippen LogP contribution in [-0.4, -0.2) is 19.3 Å². The molecule has 9 heteroatoms. The summed E-state index contributed by atoms with van der Waals surface area (Å²) in [5.41, 5.74) is 2.17. The van der Waals surface area contributed by atoms with Gasteiger partial charge < -0.3 is 0 Å². The zero-order valence-corrected chi connectivity index (χ0v) is 18.1. The van der Waals surface area contributed by atoms with E-state index in [1.165, 1.54) is 29.5 Å². The van der Waals surface area contributed by atoms with Crippen molar-refractivity contribution in [2.75, 3.05) is 10.0 Å². The monoisotopic (exact) mass is 457 g/mol. The zero-order chi connectivity index (χ0) is 21.3. The third-order valence-corrected chi connectivity index (χ3v) is 6.94. The van der Waals surface area contributed by atoms with Crippen LogP contribution in [0, 0.1) is 6.92 Å². The van der Waals surface area contributed by atoms with Gasteiger partial charge in [0, 0.05) is 5.69 Å². The normalized spacial score (nSPS) is 11.4. The molecule has 6 nitrogen and oxygen atoms in total. The van der Waals surface area contributed by atoms with E-state index in [1.54, 1.807) is 18.2 Å². The Morgan fingerprint density at radius 1 is 1.03 bits per heavy atom. The number of hydrogen-bond acceptors (Lipinski definition) is 5. The third kappa shape index (κ3) is 4.30. The van der Waals surface area contributed by atoms with Gasteiger partial charge in [-0.05, 0) is 55.0 Å². The molecule has 0 atom stereocenters. The molecule has 1 aromatic heterocycles. The second-order valence-corrected chi connectivity index (χ2v) is 9.68. The van der Waals surface area contributed by atoms with Crippen LogP contribution in [0.4, 0.5) is 10.8 Å². The summed E-state index contributed by atoms with van der Waals surface area (Å²) in [6, 6.07) is 18.5. The van der Waals surface area contributed by atoms with E-state index in [9.17, 15) is 13.2 Å². The van der Waals surface area contributed by atoms with E-state index in [0.717, 1.165) is 15.8 Å². The van der Waals surface area contributed by atoms with Gasteiger partial charge >= 0.3 is 0 Å². The van der Waals surface area contributed by atoms with Crippen molar-refractivity contribution >= 4 is 59.9 Å². The van der Waals surface area contributed by atoms with Gasteiger partial charge in [0.05, 0.1) is 25.7 Å². The predicted molar refractivity (Wildman–Crippen MR) is 121 cm³/mol. The fourth-order valence-electron chi connectivity index (χ4n) is 2.86. The second kappa shape index (κ2) is 8.06. The summed E-state index contributed by atoms with van der Waals surface area (Å²) in [5.74, 6) is -0.535. The van der Waals surface area contributed by atoms with Crippen molar-refractivity contribution in [2.24, 2.45) is 0 Å². The van der Waals surface area contributed by atoms with Crippen LogP contribution in [0.15, 0.2) is 71.6 Å². The number of carbonyl (C=O) groups is 1. The number of aryl methyl sites for hydroxylation is 1. The molecule has 0 spiro atoms. The van der Waals surface area contributed by atoms with Gasteiger partial charge in [0.25, 0.3) is 15.9 Å². The average molecular weight is 458 g/mol. The molecule has 3 aromatic carbocycles. The summed E-state index contributed by atoms with van der Waals surface area (Å²) in [6.07, 6.45) is 0. The number of carbonyl (C=O) groups excluding carboxylic acids is 1. The quantitative estimate of drug-likeness (QED) is 0.425. The van der Waals surface area contributed by atoms with E-state index in [1.807, 2.05) is 37.3 Å². The molecule has 0 unspecified atom stereocenters. The van der Waals surface area contributed by atoms with Crippen LogP contribution >= 0.6 is 22.9 Å². The van der Waals surface area contributed by atoms with Crippen molar-refractivity contribution in [2.45, 2.75) is 11.8 Å². The Morgan fingerprint density at radius 3 is 2.60 bits per heavy atom. The maximum absolute atomic E-state index is 12.8. The topological polar surface area (TPSA) is 88.2 Å². The number of sulfonamides is 1. The number of nitrogens with one attached hydrogen (secondary N) is 2. The molecule has 0 radical (unpaired) electrons. The Hall–Kier alpha value is -2.94. The summed E-state index contributed by atoms with van der Waals surface area (Å²) >= 11 is 7.50. The number of anilines is 2. The number of rotatable bonds is 5. The van der Waals surface area contributed by atoms with Crippen molar-refractivity contribution in [1.82, 2.24) is 4.98 Å². The second-order valence-electron chi connectivity index (χ2n) is 6.56. The highest BCUT2D eigenvalue weighted by molar-refractivity contribution is 7.92. The van der Waals surface area contributed by atoms with E-state index in [4.69, 9.17) is 11.6 Å². The minimum atomic E-state index is -3.90. The number of thiazole rings is 1. The summed E-state index contributed by atoms with van der Waals surface area (Å²) in [5, 5.41) is 3.24. The molecule has 152 valence electrons. The molecule has 4 aromatic rings. The number of fused-ring (bicyclic) bond motifs is 1. The van der Waals surface area contributed by atoms with Crippen LogP contribution in [0.5, 0.6) is 0 Å². The van der Waals surface area contributed by atoms with Gasteiger partial charge in [-0.1, -0.05) is 47.2 Å². The van der Waals surface area contributed by atoms with Gasteiger partial charge in [0.1, 0.15) is 0 Å². The number of para-hydroxylation sites is 1. The van der Waals surface area contributed by atoms with Crippen LogP contribution in [0.1, 0.15) is 15.9 Å². The lowest BCUT2D eigenvalue weighted by atomic mass is 10.2. The maximum atomic E-state index is 12.8. The number of benzene rings is 3. The van der Waals surface area contributed by atoms with Crippen LogP contribution in [-0.2, 0) is 10.0 Å². The first-order valence-corrected chi connectivity index (χ1v) is 11.6. The standard InChI is InChI=1S/C21H16ClN3O3S2/c1-13-5-4-6-14(11-13)25-30(27,28)15-9-10-17(22)16(12-15)20(26)24-21-23-18-7-2-3-8-19(18)29-21/h2-12,25H,1H3,(H,23,24,26). The first kappa shape index (κ1) is 20.3. The van der Waals surface area contributed by atoms with Gasteiger partial charge in [-0.25, -0.2) is 13.4 Å². The highest BCUT2D eigenvalue weighted by atomic mass is 35.5. The van der Waals surface area contributed by atoms with Gasteiger partial charge in [0.2, 0.25) is 0 Å². The molecule has 0 aliphatic rings. The number of halogens is 1. The van der Waals surface area contributed by atoms with E-state index >= 15 is 0 Å². The number of amides is 1. The lowest BCUT2D eigenvalue weighted by Gasteiger charge is -2.11. The molecular weight excluding hydrogens is 442 g/mol. The summed E-state index contributed by atoms with van der Waals surface area (Å²) in [4.78, 5) is 17.0. The fraction of sp³-hybridized carbons (Fsp3) is 0.0476. The highest BCUT2D eigenvalue weighted by Crippen LogP contribution is 2.28. The molecule has 1 heterocycles. The van der Waals surface area contributed by atoms with E-state index in [-0.39, 0.29) is 15.5 Å². The Bertz CT molecular complexity index is 1330. The Morgan fingerprint density at radius 2 is 1.83 bits per heavy atom. The molecule has 0 saturated carbocycles. The first-order valence-electron chi connectivity index (χ1n) is 8.88. The molecule has 0 aliphatic heterocycles. The minimum absolute atomic E-state index is 0.0445. The van der Waals surface area contributed by atoms with Crippen LogP contribution in [0.25, 0.3) is 10.2 Å². The molecule has 30 heavy (non-hydrogen) atoms. The van der Waals surface area contributed by atoms with Crippen LogP contribution in [0.3, 0.4) is 0 Å². The van der Waals surface area contributed by atoms with Gasteiger partial charge in [-0.2, -0.15) is 0 Å². The first-order chi connectivity index (χ1) is 14.3. The summed E-state index contributed by atoms with van der Waals surface area (Å²) in [6.45, 7) is 1.87. The van der Waals surface area contributed by atoms with E-state index < -0.39 is 15.9 Å². The molecule has 0 aliphatic carbocycles. The lowest BCUT2D eigenvalue weighted by Crippen LogP contribution is -2.16. The maximum Gasteiger partial charge on any atom is 0.261 e. The average Bonchev–Trinajstić information content (AvgIpc) is 3.10.